The Morgan fingerprint density at radius 3 is 2.61 bits per heavy atom. The third kappa shape index (κ3) is 5.06. The molecule has 1 aliphatic rings. The third-order valence-electron chi connectivity index (χ3n) is 5.83. The molecule has 38 heavy (non-hydrogen) atoms. The molecule has 0 fully saturated rings. The smallest absolute Gasteiger partial charge is 0.338 e. The number of rotatable bonds is 9. The number of nitrogens with zero attached hydrogens (tertiary/aromatic N) is 3. The van der Waals surface area contributed by atoms with E-state index >= 15 is 0 Å². The van der Waals surface area contributed by atoms with E-state index in [1.165, 1.54) is 23.0 Å². The molecule has 4 rings (SSSR count). The average Bonchev–Trinajstić information content (AvgIpc) is 3.22. The quantitative estimate of drug-likeness (QED) is 0.389. The molecule has 0 N–H and O–H groups in total. The Kier molecular flexibility index (Phi) is 8.28. The van der Waals surface area contributed by atoms with Crippen LogP contribution in [0.15, 0.2) is 63.5 Å². The number of ether oxygens (including phenoxy) is 4. The number of carbonyl (C=O) groups excluding carboxylic acids is 1. The zero-order valence-corrected chi connectivity index (χ0v) is 22.3. The molecule has 0 amide bonds. The first-order valence-electron chi connectivity index (χ1n) is 12.0. The molecule has 0 bridgehead atoms. The summed E-state index contributed by atoms with van der Waals surface area (Å²) in [5.41, 5.74) is 1.58. The van der Waals surface area contributed by atoms with Crippen molar-refractivity contribution < 1.29 is 23.7 Å². The Labute approximate surface area is 223 Å². The van der Waals surface area contributed by atoms with Crippen molar-refractivity contribution in [3.8, 4) is 23.3 Å². The summed E-state index contributed by atoms with van der Waals surface area (Å²) >= 11 is 1.20. The molecule has 196 valence electrons. The molecule has 1 unspecified atom stereocenters. The van der Waals surface area contributed by atoms with Gasteiger partial charge in [0.05, 0.1) is 36.1 Å². The molecule has 1 aliphatic heterocycles. The Balaban J connectivity index is 2.00. The number of esters is 1. The molecular formula is C28H27N3O6S. The van der Waals surface area contributed by atoms with E-state index in [4.69, 9.17) is 24.2 Å². The number of hydrogen-bond acceptors (Lipinski definition) is 9. The molecule has 0 saturated heterocycles. The van der Waals surface area contributed by atoms with E-state index in [0.29, 0.717) is 50.0 Å². The van der Waals surface area contributed by atoms with Crippen LogP contribution in [0.1, 0.15) is 37.9 Å². The molecular weight excluding hydrogens is 506 g/mol. The molecule has 0 saturated carbocycles. The highest BCUT2D eigenvalue weighted by molar-refractivity contribution is 7.07. The Morgan fingerprint density at radius 1 is 1.13 bits per heavy atom. The zero-order chi connectivity index (χ0) is 27.2. The summed E-state index contributed by atoms with van der Waals surface area (Å²) in [4.78, 5) is 32.2. The van der Waals surface area contributed by atoms with E-state index in [1.807, 2.05) is 19.1 Å². The lowest BCUT2D eigenvalue weighted by Crippen LogP contribution is -2.40. The van der Waals surface area contributed by atoms with Gasteiger partial charge in [-0.1, -0.05) is 41.7 Å². The Hall–Kier alpha value is -4.36. The van der Waals surface area contributed by atoms with Crippen molar-refractivity contribution in [1.82, 2.24) is 4.57 Å². The van der Waals surface area contributed by atoms with Gasteiger partial charge >= 0.3 is 5.97 Å². The monoisotopic (exact) mass is 533 g/mol. The van der Waals surface area contributed by atoms with Gasteiger partial charge in [0.2, 0.25) is 0 Å². The van der Waals surface area contributed by atoms with Crippen molar-refractivity contribution in [2.75, 3.05) is 26.9 Å². The van der Waals surface area contributed by atoms with Crippen LogP contribution in [-0.4, -0.2) is 37.5 Å². The lowest BCUT2D eigenvalue weighted by molar-refractivity contribution is -0.139. The minimum atomic E-state index is -0.853. The number of fused-ring (bicyclic) bond motifs is 1. The van der Waals surface area contributed by atoms with E-state index in [2.05, 4.69) is 4.99 Å². The largest absolute Gasteiger partial charge is 0.493 e. The number of hydrogen-bond donors (Lipinski definition) is 0. The van der Waals surface area contributed by atoms with Crippen LogP contribution < -0.4 is 29.1 Å². The topological polar surface area (TPSA) is 112 Å². The van der Waals surface area contributed by atoms with Gasteiger partial charge in [0, 0.05) is 11.1 Å². The van der Waals surface area contributed by atoms with Gasteiger partial charge in [-0.3, -0.25) is 9.36 Å². The molecule has 3 aromatic rings. The number of nitriles is 1. The number of methoxy groups -OCH3 is 1. The summed E-state index contributed by atoms with van der Waals surface area (Å²) in [5.74, 6) is 0.830. The maximum atomic E-state index is 13.9. The van der Waals surface area contributed by atoms with Crippen molar-refractivity contribution in [2.24, 2.45) is 4.99 Å². The van der Waals surface area contributed by atoms with Gasteiger partial charge in [-0.15, -0.1) is 0 Å². The van der Waals surface area contributed by atoms with Crippen LogP contribution in [0.3, 0.4) is 0 Å². The maximum Gasteiger partial charge on any atom is 0.338 e. The summed E-state index contributed by atoms with van der Waals surface area (Å²) < 4.78 is 24.3. The highest BCUT2D eigenvalue weighted by Crippen LogP contribution is 2.40. The van der Waals surface area contributed by atoms with Gasteiger partial charge in [-0.2, -0.15) is 5.26 Å². The molecule has 1 atom stereocenters. The standard InChI is InChI=1S/C28H27N3O6S/c1-5-35-25-19(11-9-13-21(25)34-4)24-23(27(33)36-6-2)17(3)30-28-31(24)26(32)22(38-28)16-18-10-7-8-12-20(18)37-15-14-29/h7-13,16,24H,5-6,15H2,1-4H3. The second-order valence-electron chi connectivity index (χ2n) is 8.10. The van der Waals surface area contributed by atoms with Gasteiger partial charge in [0.1, 0.15) is 17.9 Å². The minimum Gasteiger partial charge on any atom is -0.493 e. The van der Waals surface area contributed by atoms with Crippen molar-refractivity contribution in [3.05, 3.63) is 84.5 Å². The lowest BCUT2D eigenvalue weighted by atomic mass is 9.94. The van der Waals surface area contributed by atoms with Crippen LogP contribution in [0.25, 0.3) is 6.08 Å². The maximum absolute atomic E-state index is 13.9. The fraction of sp³-hybridized carbons (Fsp3) is 0.286. The first-order chi connectivity index (χ1) is 18.4. The molecule has 0 spiro atoms. The van der Waals surface area contributed by atoms with Crippen molar-refractivity contribution in [1.29, 1.82) is 5.26 Å². The SMILES string of the molecule is CCOC(=O)C1=C(C)N=c2sc(=Cc3ccccc3OCC#N)c(=O)n2C1c1cccc(OC)c1OCC. The summed E-state index contributed by atoms with van der Waals surface area (Å²) in [5, 5.41) is 8.92. The van der Waals surface area contributed by atoms with E-state index in [0.717, 1.165) is 0 Å². The number of para-hydroxylation sites is 2. The van der Waals surface area contributed by atoms with Crippen LogP contribution in [0.5, 0.6) is 17.2 Å². The van der Waals surface area contributed by atoms with Gasteiger partial charge in [0.25, 0.3) is 5.56 Å². The van der Waals surface area contributed by atoms with Crippen LogP contribution >= 0.6 is 11.3 Å². The fourth-order valence-electron chi connectivity index (χ4n) is 4.28. The summed E-state index contributed by atoms with van der Waals surface area (Å²) in [6, 6.07) is 13.6. The molecule has 0 aliphatic carbocycles. The van der Waals surface area contributed by atoms with Crippen LogP contribution in [0.4, 0.5) is 0 Å². The van der Waals surface area contributed by atoms with Crippen molar-refractivity contribution >= 4 is 23.4 Å². The zero-order valence-electron chi connectivity index (χ0n) is 21.5. The number of thiazole rings is 1. The van der Waals surface area contributed by atoms with E-state index < -0.39 is 12.0 Å². The minimum absolute atomic E-state index is 0.121. The number of carbonyl (C=O) groups is 1. The van der Waals surface area contributed by atoms with Gasteiger partial charge < -0.3 is 18.9 Å². The van der Waals surface area contributed by atoms with Crippen LogP contribution in [0.2, 0.25) is 0 Å². The highest BCUT2D eigenvalue weighted by Gasteiger charge is 2.36. The predicted molar refractivity (Wildman–Crippen MR) is 142 cm³/mol. The summed E-state index contributed by atoms with van der Waals surface area (Å²) in [7, 11) is 1.53. The highest BCUT2D eigenvalue weighted by atomic mass is 32.1. The Bertz CT molecular complexity index is 1610. The molecule has 2 aromatic carbocycles. The molecule has 2 heterocycles. The number of benzene rings is 2. The molecule has 10 heteroatoms. The second kappa shape index (κ2) is 11.8. The van der Waals surface area contributed by atoms with Crippen LogP contribution in [-0.2, 0) is 9.53 Å². The number of allylic oxidation sites excluding steroid dienone is 1. The second-order valence-corrected chi connectivity index (χ2v) is 9.11. The normalized spacial score (nSPS) is 14.8. The molecule has 9 nitrogen and oxygen atoms in total. The summed E-state index contributed by atoms with van der Waals surface area (Å²) in [6.45, 7) is 5.70. The van der Waals surface area contributed by atoms with Gasteiger partial charge in [-0.25, -0.2) is 9.79 Å². The number of aromatic nitrogens is 1. The molecule has 0 radical (unpaired) electrons. The van der Waals surface area contributed by atoms with Gasteiger partial charge in [0.15, 0.2) is 22.9 Å². The molecule has 1 aromatic heterocycles. The van der Waals surface area contributed by atoms with E-state index in [-0.39, 0.29) is 24.3 Å². The van der Waals surface area contributed by atoms with E-state index in [9.17, 15) is 9.59 Å². The van der Waals surface area contributed by atoms with Crippen molar-refractivity contribution in [3.63, 3.8) is 0 Å². The first kappa shape index (κ1) is 26.7. The van der Waals surface area contributed by atoms with Crippen molar-refractivity contribution in [2.45, 2.75) is 26.8 Å². The first-order valence-corrected chi connectivity index (χ1v) is 12.8. The lowest BCUT2D eigenvalue weighted by Gasteiger charge is -2.26. The van der Waals surface area contributed by atoms with Crippen LogP contribution in [0, 0.1) is 11.3 Å². The van der Waals surface area contributed by atoms with Gasteiger partial charge in [-0.05, 0) is 39.0 Å². The predicted octanol–water partition coefficient (Wildman–Crippen LogP) is 3.11. The summed E-state index contributed by atoms with van der Waals surface area (Å²) in [6.07, 6.45) is 1.70. The average molecular weight is 534 g/mol. The fourth-order valence-corrected chi connectivity index (χ4v) is 5.31. The van der Waals surface area contributed by atoms with E-state index in [1.54, 1.807) is 56.3 Å². The third-order valence-corrected chi connectivity index (χ3v) is 6.81. The Morgan fingerprint density at radius 2 is 1.89 bits per heavy atom.